The number of rotatable bonds is 5. The molecule has 0 unspecified atom stereocenters. The Morgan fingerprint density at radius 1 is 1.28 bits per heavy atom. The molecule has 0 radical (unpaired) electrons. The molecule has 1 aromatic rings. The van der Waals surface area contributed by atoms with Crippen LogP contribution in [-0.2, 0) is 16.0 Å². The van der Waals surface area contributed by atoms with Crippen LogP contribution in [-0.4, -0.2) is 28.6 Å². The van der Waals surface area contributed by atoms with Gasteiger partial charge >= 0.3 is 5.97 Å². The number of aromatic hydroxyl groups is 1. The fraction of sp³-hybridized carbons (Fsp3) is 0.385. The summed E-state index contributed by atoms with van der Waals surface area (Å²) in [6, 6.07) is 6.60. The number of benzene rings is 1. The first kappa shape index (κ1) is 12.4. The zero-order valence-electron chi connectivity index (χ0n) is 9.85. The van der Waals surface area contributed by atoms with Gasteiger partial charge in [0.15, 0.2) is 0 Å². The van der Waals surface area contributed by atoms with Crippen LogP contribution in [0.1, 0.15) is 18.4 Å². The fourth-order valence-corrected chi connectivity index (χ4v) is 1.78. The number of phenols is 1. The minimum atomic E-state index is -0.856. The molecule has 1 aliphatic carbocycles. The normalized spacial score (nSPS) is 16.0. The third kappa shape index (κ3) is 2.61. The molecule has 5 heteroatoms. The number of carboxylic acids is 1. The number of nitrogens with one attached hydrogen (secondary N) is 1. The number of para-hydroxylation sites is 1. The molecule has 18 heavy (non-hydrogen) atoms. The van der Waals surface area contributed by atoms with E-state index in [0.29, 0.717) is 18.4 Å². The topological polar surface area (TPSA) is 86.6 Å². The van der Waals surface area contributed by atoms with Crippen LogP contribution in [0.5, 0.6) is 5.75 Å². The Morgan fingerprint density at radius 3 is 2.50 bits per heavy atom. The van der Waals surface area contributed by atoms with E-state index < -0.39 is 11.4 Å². The Hall–Kier alpha value is -2.04. The van der Waals surface area contributed by atoms with Crippen molar-refractivity contribution < 1.29 is 19.8 Å². The molecule has 1 saturated carbocycles. The Morgan fingerprint density at radius 2 is 1.94 bits per heavy atom. The number of carbonyl (C=O) groups is 2. The molecule has 0 aliphatic heterocycles. The highest BCUT2D eigenvalue weighted by atomic mass is 16.4. The monoisotopic (exact) mass is 249 g/mol. The van der Waals surface area contributed by atoms with Crippen molar-refractivity contribution in [3.05, 3.63) is 29.8 Å². The smallest absolute Gasteiger partial charge is 0.311 e. The van der Waals surface area contributed by atoms with Crippen LogP contribution in [0.2, 0.25) is 0 Å². The first-order chi connectivity index (χ1) is 8.53. The van der Waals surface area contributed by atoms with Crippen LogP contribution in [0.3, 0.4) is 0 Å². The molecule has 3 N–H and O–H groups in total. The summed E-state index contributed by atoms with van der Waals surface area (Å²) < 4.78 is 0. The largest absolute Gasteiger partial charge is 0.508 e. The lowest BCUT2D eigenvalue weighted by Gasteiger charge is -2.11. The Balaban J connectivity index is 1.87. The van der Waals surface area contributed by atoms with E-state index in [1.54, 1.807) is 18.2 Å². The Labute approximate surface area is 104 Å². The highest BCUT2D eigenvalue weighted by Crippen LogP contribution is 2.45. The standard InChI is InChI=1S/C13H15NO4/c15-10-4-2-1-3-9(10)7-11(16)14-8-13(5-6-13)12(17)18/h1-4,15H,5-8H2,(H,14,16)(H,17,18). The average molecular weight is 249 g/mol. The van der Waals surface area contributed by atoms with E-state index in [1.807, 2.05) is 0 Å². The van der Waals surface area contributed by atoms with Gasteiger partial charge in [-0.1, -0.05) is 18.2 Å². The summed E-state index contributed by atoms with van der Waals surface area (Å²) in [7, 11) is 0. The minimum Gasteiger partial charge on any atom is -0.508 e. The summed E-state index contributed by atoms with van der Waals surface area (Å²) in [5.74, 6) is -1.05. The molecule has 0 spiro atoms. The van der Waals surface area contributed by atoms with Crippen LogP contribution >= 0.6 is 0 Å². The Kier molecular flexibility index (Phi) is 3.23. The molecule has 1 amide bonds. The van der Waals surface area contributed by atoms with Crippen molar-refractivity contribution in [2.24, 2.45) is 5.41 Å². The van der Waals surface area contributed by atoms with Crippen molar-refractivity contribution in [2.45, 2.75) is 19.3 Å². The van der Waals surface area contributed by atoms with Gasteiger partial charge in [0, 0.05) is 12.1 Å². The zero-order valence-corrected chi connectivity index (χ0v) is 9.85. The lowest BCUT2D eigenvalue weighted by Crippen LogP contribution is -2.35. The van der Waals surface area contributed by atoms with E-state index in [2.05, 4.69) is 5.32 Å². The summed E-state index contributed by atoms with van der Waals surface area (Å²) in [6.07, 6.45) is 1.28. The first-order valence-electron chi connectivity index (χ1n) is 5.80. The fourth-order valence-electron chi connectivity index (χ4n) is 1.78. The molecular formula is C13H15NO4. The van der Waals surface area contributed by atoms with Crippen LogP contribution in [0.25, 0.3) is 0 Å². The lowest BCUT2D eigenvalue weighted by atomic mass is 10.1. The van der Waals surface area contributed by atoms with Crippen LogP contribution in [0.15, 0.2) is 24.3 Å². The number of aliphatic carboxylic acids is 1. The molecule has 2 rings (SSSR count). The maximum Gasteiger partial charge on any atom is 0.311 e. The van der Waals surface area contributed by atoms with E-state index in [-0.39, 0.29) is 24.6 Å². The third-order valence-corrected chi connectivity index (χ3v) is 3.27. The maximum atomic E-state index is 11.6. The van der Waals surface area contributed by atoms with E-state index in [4.69, 9.17) is 5.11 Å². The number of carbonyl (C=O) groups excluding carboxylic acids is 1. The maximum absolute atomic E-state index is 11.6. The van der Waals surface area contributed by atoms with Gasteiger partial charge in [-0.05, 0) is 18.9 Å². The molecule has 0 aromatic heterocycles. The molecule has 0 atom stereocenters. The van der Waals surface area contributed by atoms with Gasteiger partial charge in [-0.25, -0.2) is 0 Å². The van der Waals surface area contributed by atoms with Crippen molar-refractivity contribution in [2.75, 3.05) is 6.54 Å². The van der Waals surface area contributed by atoms with Gasteiger partial charge in [-0.2, -0.15) is 0 Å². The van der Waals surface area contributed by atoms with E-state index in [9.17, 15) is 14.7 Å². The second-order valence-electron chi connectivity index (χ2n) is 4.67. The van der Waals surface area contributed by atoms with Gasteiger partial charge in [-0.3, -0.25) is 9.59 Å². The Bertz CT molecular complexity index is 480. The van der Waals surface area contributed by atoms with Gasteiger partial charge in [0.25, 0.3) is 0 Å². The van der Waals surface area contributed by atoms with Crippen molar-refractivity contribution in [3.8, 4) is 5.75 Å². The quantitative estimate of drug-likeness (QED) is 0.724. The molecule has 0 bridgehead atoms. The van der Waals surface area contributed by atoms with Gasteiger partial charge in [-0.15, -0.1) is 0 Å². The van der Waals surface area contributed by atoms with Gasteiger partial charge < -0.3 is 15.5 Å². The summed E-state index contributed by atoms with van der Waals surface area (Å²) >= 11 is 0. The zero-order chi connectivity index (χ0) is 13.2. The lowest BCUT2D eigenvalue weighted by molar-refractivity contribution is -0.143. The van der Waals surface area contributed by atoms with E-state index in [1.165, 1.54) is 6.07 Å². The summed E-state index contributed by atoms with van der Waals surface area (Å²) in [6.45, 7) is 0.161. The highest BCUT2D eigenvalue weighted by Gasteiger charge is 2.50. The molecule has 1 fully saturated rings. The predicted molar refractivity (Wildman–Crippen MR) is 64.1 cm³/mol. The van der Waals surface area contributed by atoms with Crippen molar-refractivity contribution in [1.82, 2.24) is 5.32 Å². The van der Waals surface area contributed by atoms with Crippen LogP contribution in [0, 0.1) is 5.41 Å². The number of hydrogen-bond acceptors (Lipinski definition) is 3. The van der Waals surface area contributed by atoms with E-state index >= 15 is 0 Å². The number of amides is 1. The molecule has 96 valence electrons. The van der Waals surface area contributed by atoms with E-state index in [0.717, 1.165) is 0 Å². The second kappa shape index (κ2) is 4.68. The third-order valence-electron chi connectivity index (χ3n) is 3.27. The predicted octanol–water partition coefficient (Wildman–Crippen LogP) is 0.916. The molecule has 1 aromatic carbocycles. The molecule has 0 heterocycles. The molecule has 0 saturated heterocycles. The van der Waals surface area contributed by atoms with Gasteiger partial charge in [0.1, 0.15) is 5.75 Å². The average Bonchev–Trinajstić information content (AvgIpc) is 3.11. The molecule has 1 aliphatic rings. The number of carboxylic acid groups (broad SMARTS) is 1. The summed E-state index contributed by atoms with van der Waals surface area (Å²) in [5.41, 5.74) is -0.218. The molecule has 5 nitrogen and oxygen atoms in total. The van der Waals surface area contributed by atoms with Crippen molar-refractivity contribution in [3.63, 3.8) is 0 Å². The minimum absolute atomic E-state index is 0.0579. The number of phenolic OH excluding ortho intramolecular Hbond substituents is 1. The van der Waals surface area contributed by atoms with Crippen molar-refractivity contribution >= 4 is 11.9 Å². The second-order valence-corrected chi connectivity index (χ2v) is 4.67. The van der Waals surface area contributed by atoms with Crippen molar-refractivity contribution in [1.29, 1.82) is 0 Å². The van der Waals surface area contributed by atoms with Crippen LogP contribution in [0.4, 0.5) is 0 Å². The first-order valence-corrected chi connectivity index (χ1v) is 5.80. The number of hydrogen-bond donors (Lipinski definition) is 3. The van der Waals surface area contributed by atoms with Gasteiger partial charge in [0.2, 0.25) is 5.91 Å². The summed E-state index contributed by atoms with van der Waals surface area (Å²) in [5, 5.41) is 21.1. The SMILES string of the molecule is O=C(Cc1ccccc1O)NCC1(C(=O)O)CC1. The van der Waals surface area contributed by atoms with Gasteiger partial charge in [0.05, 0.1) is 11.8 Å². The van der Waals surface area contributed by atoms with Crippen LogP contribution < -0.4 is 5.32 Å². The summed E-state index contributed by atoms with van der Waals surface area (Å²) in [4.78, 5) is 22.6. The molecular weight excluding hydrogens is 234 g/mol. The highest BCUT2D eigenvalue weighted by molar-refractivity contribution is 5.82.